The molecule has 5 amide bonds. The Morgan fingerprint density at radius 3 is 2.30 bits per heavy atom. The van der Waals surface area contributed by atoms with E-state index in [2.05, 4.69) is 5.32 Å². The summed E-state index contributed by atoms with van der Waals surface area (Å²) in [6.07, 6.45) is 0.729. The fraction of sp³-hybridized carbons (Fsp3) is 0.375. The van der Waals surface area contributed by atoms with E-state index in [0.717, 1.165) is 16.9 Å². The van der Waals surface area contributed by atoms with E-state index in [0.29, 0.717) is 4.90 Å². The molecule has 1 aromatic rings. The summed E-state index contributed by atoms with van der Waals surface area (Å²) < 4.78 is 0. The van der Waals surface area contributed by atoms with Crippen molar-refractivity contribution >= 4 is 23.8 Å². The number of amides is 5. The Bertz CT molecular complexity index is 629. The number of carbonyl (C=O) groups is 4. The molecule has 0 unspecified atom stereocenters. The van der Waals surface area contributed by atoms with Crippen molar-refractivity contribution in [3.05, 3.63) is 35.9 Å². The smallest absolute Gasteiger partial charge is 0.335 e. The highest BCUT2D eigenvalue weighted by molar-refractivity contribution is 6.44. The minimum atomic E-state index is -0.967. The molecule has 1 N–H and O–H groups in total. The van der Waals surface area contributed by atoms with Gasteiger partial charge in [-0.2, -0.15) is 0 Å². The van der Waals surface area contributed by atoms with Crippen molar-refractivity contribution < 1.29 is 19.2 Å². The number of carbonyl (C=O) groups excluding carboxylic acids is 4. The average molecular weight is 317 g/mol. The number of imide groups is 2. The van der Waals surface area contributed by atoms with Gasteiger partial charge >= 0.3 is 17.8 Å². The molecule has 1 saturated heterocycles. The summed E-state index contributed by atoms with van der Waals surface area (Å²) in [5.74, 6) is -2.34. The molecule has 1 heterocycles. The van der Waals surface area contributed by atoms with E-state index in [-0.39, 0.29) is 12.6 Å². The molecule has 0 aromatic heterocycles. The van der Waals surface area contributed by atoms with Crippen LogP contribution in [0.5, 0.6) is 0 Å². The van der Waals surface area contributed by atoms with Crippen molar-refractivity contribution in [2.75, 3.05) is 6.54 Å². The molecular formula is C16H19N3O4. The SMILES string of the molecule is CC[C@H](C)NC(=O)CN1C(=O)C(=O)N(Cc2ccccc2)C1=O. The van der Waals surface area contributed by atoms with E-state index in [4.69, 9.17) is 0 Å². The van der Waals surface area contributed by atoms with Gasteiger partial charge in [-0.25, -0.2) is 9.69 Å². The van der Waals surface area contributed by atoms with E-state index in [1.54, 1.807) is 24.3 Å². The van der Waals surface area contributed by atoms with Crippen molar-refractivity contribution in [2.45, 2.75) is 32.9 Å². The molecule has 122 valence electrons. The van der Waals surface area contributed by atoms with E-state index in [1.807, 2.05) is 19.9 Å². The predicted molar refractivity (Wildman–Crippen MR) is 82.0 cm³/mol. The van der Waals surface area contributed by atoms with Crippen LogP contribution >= 0.6 is 0 Å². The first kappa shape index (κ1) is 16.7. The Labute approximate surface area is 134 Å². The molecule has 0 spiro atoms. The zero-order valence-corrected chi connectivity index (χ0v) is 13.1. The maximum absolute atomic E-state index is 12.3. The minimum absolute atomic E-state index is 0.00767. The van der Waals surface area contributed by atoms with Gasteiger partial charge in [-0.1, -0.05) is 37.3 Å². The van der Waals surface area contributed by atoms with Gasteiger partial charge in [0.15, 0.2) is 0 Å². The van der Waals surface area contributed by atoms with Gasteiger partial charge in [-0.05, 0) is 18.9 Å². The molecule has 2 rings (SSSR count). The van der Waals surface area contributed by atoms with Crippen LogP contribution in [0.25, 0.3) is 0 Å². The normalized spacial score (nSPS) is 16.0. The third-order valence-electron chi connectivity index (χ3n) is 3.64. The van der Waals surface area contributed by atoms with E-state index in [1.165, 1.54) is 0 Å². The Morgan fingerprint density at radius 1 is 1.09 bits per heavy atom. The van der Waals surface area contributed by atoms with E-state index < -0.39 is 30.3 Å². The standard InChI is InChI=1S/C16H19N3O4/c1-3-11(2)17-13(20)10-19-15(22)14(21)18(16(19)23)9-12-7-5-4-6-8-12/h4-8,11H,3,9-10H2,1-2H3,(H,17,20)/t11-/m0/s1. The Balaban J connectivity index is 2.06. The van der Waals surface area contributed by atoms with Gasteiger partial charge in [-0.3, -0.25) is 19.3 Å². The summed E-state index contributed by atoms with van der Waals surface area (Å²) in [6, 6.07) is 8.05. The summed E-state index contributed by atoms with van der Waals surface area (Å²) >= 11 is 0. The summed E-state index contributed by atoms with van der Waals surface area (Å²) in [4.78, 5) is 49.5. The fourth-order valence-electron chi connectivity index (χ4n) is 2.16. The lowest BCUT2D eigenvalue weighted by molar-refractivity contribution is -0.144. The fourth-order valence-corrected chi connectivity index (χ4v) is 2.16. The van der Waals surface area contributed by atoms with Crippen molar-refractivity contribution in [3.63, 3.8) is 0 Å². The monoisotopic (exact) mass is 317 g/mol. The van der Waals surface area contributed by atoms with Crippen LogP contribution in [-0.2, 0) is 20.9 Å². The first-order valence-corrected chi connectivity index (χ1v) is 7.44. The molecule has 23 heavy (non-hydrogen) atoms. The summed E-state index contributed by atoms with van der Waals surface area (Å²) in [6.45, 7) is 3.29. The van der Waals surface area contributed by atoms with Crippen LogP contribution in [0, 0.1) is 0 Å². The van der Waals surface area contributed by atoms with Crippen molar-refractivity contribution in [2.24, 2.45) is 0 Å². The van der Waals surface area contributed by atoms with Crippen molar-refractivity contribution in [1.29, 1.82) is 0 Å². The second kappa shape index (κ2) is 7.04. The molecule has 0 aliphatic carbocycles. The Morgan fingerprint density at radius 2 is 1.70 bits per heavy atom. The second-order valence-electron chi connectivity index (χ2n) is 5.43. The number of hydrogen-bond acceptors (Lipinski definition) is 4. The van der Waals surface area contributed by atoms with E-state index in [9.17, 15) is 19.2 Å². The van der Waals surface area contributed by atoms with Crippen LogP contribution < -0.4 is 5.32 Å². The molecule has 7 heteroatoms. The highest BCUT2D eigenvalue weighted by atomic mass is 16.2. The third-order valence-corrected chi connectivity index (χ3v) is 3.64. The summed E-state index contributed by atoms with van der Waals surface area (Å²) in [5.41, 5.74) is 0.730. The Kier molecular flexibility index (Phi) is 5.10. The molecular weight excluding hydrogens is 298 g/mol. The van der Waals surface area contributed by atoms with Crippen LogP contribution in [0.2, 0.25) is 0 Å². The van der Waals surface area contributed by atoms with Crippen LogP contribution in [0.4, 0.5) is 4.79 Å². The van der Waals surface area contributed by atoms with Crippen LogP contribution in [0.1, 0.15) is 25.8 Å². The molecule has 1 aromatic carbocycles. The number of urea groups is 1. The van der Waals surface area contributed by atoms with Gasteiger partial charge in [-0.15, -0.1) is 0 Å². The molecule has 0 bridgehead atoms. The number of hydrogen-bond donors (Lipinski definition) is 1. The first-order chi connectivity index (χ1) is 10.9. The predicted octanol–water partition coefficient (Wildman–Crippen LogP) is 0.892. The second-order valence-corrected chi connectivity index (χ2v) is 5.43. The minimum Gasteiger partial charge on any atom is -0.352 e. The number of rotatable bonds is 6. The van der Waals surface area contributed by atoms with Gasteiger partial charge in [0, 0.05) is 6.04 Å². The molecule has 1 fully saturated rings. The van der Waals surface area contributed by atoms with Crippen LogP contribution in [0.15, 0.2) is 30.3 Å². The highest BCUT2D eigenvalue weighted by Crippen LogP contribution is 2.15. The summed E-state index contributed by atoms with van der Waals surface area (Å²) in [7, 11) is 0. The maximum atomic E-state index is 12.3. The molecule has 0 saturated carbocycles. The van der Waals surface area contributed by atoms with Gasteiger partial charge in [0.1, 0.15) is 6.54 Å². The van der Waals surface area contributed by atoms with Gasteiger partial charge in [0.05, 0.1) is 6.54 Å². The molecule has 1 atom stereocenters. The third kappa shape index (κ3) is 3.74. The molecule has 7 nitrogen and oxygen atoms in total. The number of benzene rings is 1. The first-order valence-electron chi connectivity index (χ1n) is 7.44. The summed E-state index contributed by atoms with van der Waals surface area (Å²) in [5, 5.41) is 2.66. The number of nitrogens with one attached hydrogen (secondary N) is 1. The quantitative estimate of drug-likeness (QED) is 0.623. The van der Waals surface area contributed by atoms with Crippen LogP contribution in [0.3, 0.4) is 0 Å². The zero-order chi connectivity index (χ0) is 17.0. The van der Waals surface area contributed by atoms with Gasteiger partial charge < -0.3 is 5.32 Å². The largest absolute Gasteiger partial charge is 0.352 e. The van der Waals surface area contributed by atoms with E-state index >= 15 is 0 Å². The number of nitrogens with zero attached hydrogens (tertiary/aromatic N) is 2. The lowest BCUT2D eigenvalue weighted by atomic mass is 10.2. The topological polar surface area (TPSA) is 86.8 Å². The molecule has 1 aliphatic rings. The van der Waals surface area contributed by atoms with Gasteiger partial charge in [0.2, 0.25) is 5.91 Å². The maximum Gasteiger partial charge on any atom is 0.335 e. The lowest BCUT2D eigenvalue weighted by Crippen LogP contribution is -2.43. The highest BCUT2D eigenvalue weighted by Gasteiger charge is 2.45. The van der Waals surface area contributed by atoms with Crippen molar-refractivity contribution in [3.8, 4) is 0 Å². The molecule has 0 radical (unpaired) electrons. The van der Waals surface area contributed by atoms with Gasteiger partial charge in [0.25, 0.3) is 0 Å². The molecule has 1 aliphatic heterocycles. The zero-order valence-electron chi connectivity index (χ0n) is 13.1. The van der Waals surface area contributed by atoms with Crippen molar-refractivity contribution in [1.82, 2.24) is 15.1 Å². The Hall–Kier alpha value is -2.70. The average Bonchev–Trinajstić information content (AvgIpc) is 2.73. The van der Waals surface area contributed by atoms with Crippen LogP contribution in [-0.4, -0.2) is 46.1 Å². The lowest BCUT2D eigenvalue weighted by Gasteiger charge is -2.17.